The Morgan fingerprint density at radius 1 is 1.23 bits per heavy atom. The van der Waals surface area contributed by atoms with E-state index in [1.807, 2.05) is 0 Å². The van der Waals surface area contributed by atoms with E-state index in [2.05, 4.69) is 18.7 Å². The van der Waals surface area contributed by atoms with Crippen molar-refractivity contribution in [1.29, 1.82) is 0 Å². The molecular formula is C12H23N. The Morgan fingerprint density at radius 2 is 1.92 bits per heavy atom. The summed E-state index contributed by atoms with van der Waals surface area (Å²) < 4.78 is 0. The highest BCUT2D eigenvalue weighted by Gasteiger charge is 2.33. The predicted octanol–water partition coefficient (Wildman–Crippen LogP) is 2.76. The molecule has 0 radical (unpaired) electrons. The number of piperidine rings is 3. The van der Waals surface area contributed by atoms with E-state index in [9.17, 15) is 0 Å². The van der Waals surface area contributed by atoms with Gasteiger partial charge in [-0.05, 0) is 50.1 Å². The van der Waals surface area contributed by atoms with Gasteiger partial charge in [0.25, 0.3) is 0 Å². The van der Waals surface area contributed by atoms with E-state index >= 15 is 0 Å². The second-order valence-corrected chi connectivity index (χ2v) is 5.37. The zero-order valence-corrected chi connectivity index (χ0v) is 9.13. The Balaban J connectivity index is 1.80. The van der Waals surface area contributed by atoms with Crippen molar-refractivity contribution < 1.29 is 0 Å². The van der Waals surface area contributed by atoms with Gasteiger partial charge in [0.15, 0.2) is 0 Å². The van der Waals surface area contributed by atoms with Crippen LogP contribution in [-0.2, 0) is 0 Å². The van der Waals surface area contributed by atoms with E-state index in [1.165, 1.54) is 45.3 Å². The molecule has 0 saturated carbocycles. The summed E-state index contributed by atoms with van der Waals surface area (Å²) in [6.07, 6.45) is 5.90. The molecule has 0 spiro atoms. The van der Waals surface area contributed by atoms with Gasteiger partial charge >= 0.3 is 0 Å². The largest absolute Gasteiger partial charge is 0.303 e. The average Bonchev–Trinajstić information content (AvgIpc) is 2.17. The van der Waals surface area contributed by atoms with Crippen LogP contribution in [0.3, 0.4) is 0 Å². The highest BCUT2D eigenvalue weighted by Crippen LogP contribution is 2.35. The number of nitrogens with zero attached hydrogens (tertiary/aromatic N) is 1. The first-order chi connectivity index (χ1) is 6.25. The normalized spacial score (nSPS) is 38.5. The van der Waals surface area contributed by atoms with Gasteiger partial charge in [-0.15, -0.1) is 0 Å². The van der Waals surface area contributed by atoms with Crippen molar-refractivity contribution in [1.82, 2.24) is 4.90 Å². The lowest BCUT2D eigenvalue weighted by Gasteiger charge is -2.45. The van der Waals surface area contributed by atoms with Crippen LogP contribution in [0.15, 0.2) is 0 Å². The summed E-state index contributed by atoms with van der Waals surface area (Å²) in [5.41, 5.74) is 0. The van der Waals surface area contributed by atoms with Gasteiger partial charge in [0.2, 0.25) is 0 Å². The van der Waals surface area contributed by atoms with Crippen LogP contribution < -0.4 is 0 Å². The molecule has 3 aliphatic rings. The van der Waals surface area contributed by atoms with Crippen molar-refractivity contribution in [3.05, 3.63) is 0 Å². The van der Waals surface area contributed by atoms with Crippen LogP contribution in [0.25, 0.3) is 0 Å². The Hall–Kier alpha value is -0.0400. The van der Waals surface area contributed by atoms with Crippen LogP contribution in [0.5, 0.6) is 0 Å². The summed E-state index contributed by atoms with van der Waals surface area (Å²) in [6, 6.07) is 0. The minimum atomic E-state index is 0.899. The van der Waals surface area contributed by atoms with Gasteiger partial charge in [0, 0.05) is 6.54 Å². The number of rotatable bonds is 3. The van der Waals surface area contributed by atoms with E-state index in [4.69, 9.17) is 0 Å². The molecule has 3 rings (SSSR count). The second-order valence-electron chi connectivity index (χ2n) is 5.37. The lowest BCUT2D eigenvalue weighted by molar-refractivity contribution is 0.0441. The summed E-state index contributed by atoms with van der Waals surface area (Å²) in [7, 11) is 0. The van der Waals surface area contributed by atoms with Crippen LogP contribution in [0, 0.1) is 17.8 Å². The molecule has 3 saturated heterocycles. The predicted molar refractivity (Wildman–Crippen MR) is 56.7 cm³/mol. The molecule has 76 valence electrons. The first-order valence-corrected chi connectivity index (χ1v) is 5.98. The molecule has 3 heterocycles. The maximum absolute atomic E-state index is 2.67. The maximum atomic E-state index is 2.67. The summed E-state index contributed by atoms with van der Waals surface area (Å²) in [4.78, 5) is 2.67. The van der Waals surface area contributed by atoms with Crippen molar-refractivity contribution >= 4 is 0 Å². The molecular weight excluding hydrogens is 158 g/mol. The van der Waals surface area contributed by atoms with Crippen LogP contribution in [0.1, 0.15) is 39.5 Å². The quantitative estimate of drug-likeness (QED) is 0.647. The highest BCUT2D eigenvalue weighted by molar-refractivity contribution is 4.86. The monoisotopic (exact) mass is 181 g/mol. The van der Waals surface area contributed by atoms with E-state index in [0.29, 0.717) is 0 Å². The zero-order chi connectivity index (χ0) is 9.26. The zero-order valence-electron chi connectivity index (χ0n) is 9.13. The fourth-order valence-electron chi connectivity index (χ4n) is 2.96. The standard InChI is InChI=1S/C12H23N/c1-10(2)3-4-12-9-13-7-5-11(12)6-8-13/h10-12H,3-9H2,1-2H3. The molecule has 0 aliphatic carbocycles. The molecule has 1 atom stereocenters. The Bertz CT molecular complexity index is 157. The minimum Gasteiger partial charge on any atom is -0.303 e. The molecule has 0 aromatic carbocycles. The van der Waals surface area contributed by atoms with Crippen LogP contribution in [-0.4, -0.2) is 24.5 Å². The minimum absolute atomic E-state index is 0.899. The molecule has 0 amide bonds. The van der Waals surface area contributed by atoms with E-state index in [0.717, 1.165) is 17.8 Å². The van der Waals surface area contributed by atoms with Crippen LogP contribution in [0.4, 0.5) is 0 Å². The summed E-state index contributed by atoms with van der Waals surface area (Å²) in [5, 5.41) is 0. The number of hydrogen-bond acceptors (Lipinski definition) is 1. The third-order valence-electron chi connectivity index (χ3n) is 3.91. The van der Waals surface area contributed by atoms with Crippen molar-refractivity contribution in [2.75, 3.05) is 19.6 Å². The van der Waals surface area contributed by atoms with Crippen molar-refractivity contribution in [2.45, 2.75) is 39.5 Å². The van der Waals surface area contributed by atoms with Crippen molar-refractivity contribution in [3.8, 4) is 0 Å². The Morgan fingerprint density at radius 3 is 2.38 bits per heavy atom. The molecule has 2 bridgehead atoms. The van der Waals surface area contributed by atoms with Crippen LogP contribution in [0.2, 0.25) is 0 Å². The molecule has 3 fully saturated rings. The lowest BCUT2D eigenvalue weighted by Crippen LogP contribution is -2.47. The third kappa shape index (κ3) is 2.25. The highest BCUT2D eigenvalue weighted by atomic mass is 15.1. The molecule has 0 aromatic rings. The molecule has 13 heavy (non-hydrogen) atoms. The number of hydrogen-bond donors (Lipinski definition) is 0. The van der Waals surface area contributed by atoms with Gasteiger partial charge in [0.1, 0.15) is 0 Å². The van der Waals surface area contributed by atoms with Gasteiger partial charge in [-0.1, -0.05) is 20.3 Å². The molecule has 0 N–H and O–H groups in total. The summed E-state index contributed by atoms with van der Waals surface area (Å²) >= 11 is 0. The fraction of sp³-hybridized carbons (Fsp3) is 1.00. The Kier molecular flexibility index (Phi) is 2.92. The van der Waals surface area contributed by atoms with E-state index in [1.54, 1.807) is 0 Å². The molecule has 1 unspecified atom stereocenters. The first-order valence-electron chi connectivity index (χ1n) is 5.98. The molecule has 3 aliphatic heterocycles. The van der Waals surface area contributed by atoms with Gasteiger partial charge in [0.05, 0.1) is 0 Å². The maximum Gasteiger partial charge on any atom is 0.00123 e. The van der Waals surface area contributed by atoms with Gasteiger partial charge in [-0.3, -0.25) is 0 Å². The van der Waals surface area contributed by atoms with Gasteiger partial charge in [-0.25, -0.2) is 0 Å². The molecule has 0 aromatic heterocycles. The second kappa shape index (κ2) is 4.00. The molecule has 1 nitrogen and oxygen atoms in total. The first kappa shape index (κ1) is 9.51. The van der Waals surface area contributed by atoms with E-state index in [-0.39, 0.29) is 0 Å². The van der Waals surface area contributed by atoms with Crippen LogP contribution >= 0.6 is 0 Å². The van der Waals surface area contributed by atoms with Crippen molar-refractivity contribution in [2.24, 2.45) is 17.8 Å². The third-order valence-corrected chi connectivity index (χ3v) is 3.91. The summed E-state index contributed by atoms with van der Waals surface area (Å²) in [6.45, 7) is 8.89. The Labute approximate surface area is 82.5 Å². The topological polar surface area (TPSA) is 3.24 Å². The molecule has 1 heteroatoms. The van der Waals surface area contributed by atoms with Crippen molar-refractivity contribution in [3.63, 3.8) is 0 Å². The number of fused-ring (bicyclic) bond motifs is 3. The van der Waals surface area contributed by atoms with E-state index < -0.39 is 0 Å². The van der Waals surface area contributed by atoms with Gasteiger partial charge in [-0.2, -0.15) is 0 Å². The van der Waals surface area contributed by atoms with Gasteiger partial charge < -0.3 is 4.90 Å². The smallest absolute Gasteiger partial charge is 0.00123 e. The lowest BCUT2D eigenvalue weighted by atomic mass is 9.76. The SMILES string of the molecule is CC(C)CCC1CN2CCC1CC2. The average molecular weight is 181 g/mol. The fourth-order valence-corrected chi connectivity index (χ4v) is 2.96. The summed E-state index contributed by atoms with van der Waals surface area (Å²) in [5.74, 6) is 3.03.